The van der Waals surface area contributed by atoms with E-state index in [4.69, 9.17) is 4.74 Å². The van der Waals surface area contributed by atoms with Gasteiger partial charge in [0.25, 0.3) is 0 Å². The van der Waals surface area contributed by atoms with E-state index in [1.54, 1.807) is 0 Å². The van der Waals surface area contributed by atoms with Gasteiger partial charge in [0.05, 0.1) is 6.10 Å². The van der Waals surface area contributed by atoms with Gasteiger partial charge in [-0.1, -0.05) is 13.8 Å². The van der Waals surface area contributed by atoms with E-state index in [0.717, 1.165) is 6.61 Å². The van der Waals surface area contributed by atoms with Gasteiger partial charge in [-0.15, -0.1) is 0 Å². The Balaban J connectivity index is 0.000000291. The second kappa shape index (κ2) is 6.09. The van der Waals surface area contributed by atoms with E-state index in [0.29, 0.717) is 6.10 Å². The van der Waals surface area contributed by atoms with E-state index in [-0.39, 0.29) is 0 Å². The fourth-order valence-electron chi connectivity index (χ4n) is 0.902. The van der Waals surface area contributed by atoms with E-state index in [2.05, 4.69) is 6.92 Å². The predicted molar refractivity (Wildman–Crippen MR) is 40.6 cm³/mol. The number of ether oxygens (including phenoxy) is 1. The topological polar surface area (TPSA) is 9.23 Å². The van der Waals surface area contributed by atoms with Gasteiger partial charge in [-0.05, 0) is 26.2 Å². The lowest BCUT2D eigenvalue weighted by atomic mass is 10.1. The van der Waals surface area contributed by atoms with Crippen molar-refractivity contribution in [1.82, 2.24) is 0 Å². The van der Waals surface area contributed by atoms with Gasteiger partial charge in [-0.2, -0.15) is 0 Å². The molecule has 0 radical (unpaired) electrons. The van der Waals surface area contributed by atoms with Crippen LogP contribution in [0.1, 0.15) is 40.0 Å². The van der Waals surface area contributed by atoms with Gasteiger partial charge in [0, 0.05) is 6.61 Å². The van der Waals surface area contributed by atoms with Gasteiger partial charge in [0.1, 0.15) is 0 Å². The number of rotatable bonds is 0. The van der Waals surface area contributed by atoms with Crippen molar-refractivity contribution in [3.05, 3.63) is 0 Å². The number of hydrogen-bond donors (Lipinski definition) is 0. The highest BCUT2D eigenvalue weighted by Crippen LogP contribution is 2.10. The molecule has 1 nitrogen and oxygen atoms in total. The molecule has 0 bridgehead atoms. The second-order valence-electron chi connectivity index (χ2n) is 2.18. The molecule has 0 aliphatic carbocycles. The van der Waals surface area contributed by atoms with E-state index in [9.17, 15) is 0 Å². The van der Waals surface area contributed by atoms with Crippen LogP contribution >= 0.6 is 0 Å². The highest BCUT2D eigenvalue weighted by atomic mass is 16.5. The smallest absolute Gasteiger partial charge is 0.0547 e. The third kappa shape index (κ3) is 4.46. The van der Waals surface area contributed by atoms with Crippen molar-refractivity contribution >= 4 is 0 Å². The Hall–Kier alpha value is -0.0400. The van der Waals surface area contributed by atoms with E-state index in [1.165, 1.54) is 19.3 Å². The first-order chi connectivity index (χ1) is 4.39. The highest BCUT2D eigenvalue weighted by Gasteiger charge is 2.05. The molecule has 1 aliphatic heterocycles. The Bertz CT molecular complexity index is 46.5. The van der Waals surface area contributed by atoms with Gasteiger partial charge < -0.3 is 4.74 Å². The lowest BCUT2D eigenvalue weighted by Crippen LogP contribution is -2.14. The summed E-state index contributed by atoms with van der Waals surface area (Å²) in [5.41, 5.74) is 0. The molecule has 0 spiro atoms. The lowest BCUT2D eigenvalue weighted by molar-refractivity contribution is 0.0285. The van der Waals surface area contributed by atoms with E-state index in [1.807, 2.05) is 13.8 Å². The Morgan fingerprint density at radius 3 is 2.11 bits per heavy atom. The van der Waals surface area contributed by atoms with Gasteiger partial charge in [-0.3, -0.25) is 0 Å². The first kappa shape index (κ1) is 8.96. The zero-order valence-corrected chi connectivity index (χ0v) is 6.81. The highest BCUT2D eigenvalue weighted by molar-refractivity contribution is 4.55. The van der Waals surface area contributed by atoms with Crippen LogP contribution in [0.4, 0.5) is 0 Å². The monoisotopic (exact) mass is 130 g/mol. The molecule has 1 saturated heterocycles. The van der Waals surface area contributed by atoms with Gasteiger partial charge in [-0.25, -0.2) is 0 Å². The molecule has 0 aromatic carbocycles. The van der Waals surface area contributed by atoms with Crippen LogP contribution in [-0.4, -0.2) is 12.7 Å². The molecule has 9 heavy (non-hydrogen) atoms. The molecule has 1 atom stereocenters. The average Bonchev–Trinajstić information content (AvgIpc) is 1.94. The molecule has 0 N–H and O–H groups in total. The van der Waals surface area contributed by atoms with Crippen LogP contribution in [0.25, 0.3) is 0 Å². The summed E-state index contributed by atoms with van der Waals surface area (Å²) >= 11 is 0. The van der Waals surface area contributed by atoms with E-state index < -0.39 is 0 Å². The molecule has 0 aromatic heterocycles. The summed E-state index contributed by atoms with van der Waals surface area (Å²) < 4.78 is 5.28. The maximum atomic E-state index is 5.28. The summed E-state index contributed by atoms with van der Waals surface area (Å²) in [5.74, 6) is 0. The lowest BCUT2D eigenvalue weighted by Gasteiger charge is -2.17. The summed E-state index contributed by atoms with van der Waals surface area (Å²) in [4.78, 5) is 0. The molecule has 0 saturated carbocycles. The van der Waals surface area contributed by atoms with Crippen LogP contribution in [-0.2, 0) is 4.74 Å². The molecule has 1 rings (SSSR count). The Labute approximate surface area is 58.4 Å². The predicted octanol–water partition coefficient (Wildman–Crippen LogP) is 2.60. The van der Waals surface area contributed by atoms with Crippen LogP contribution in [0, 0.1) is 0 Å². The molecule has 1 aliphatic rings. The maximum absolute atomic E-state index is 5.28. The normalized spacial score (nSPS) is 26.3. The SMILES string of the molecule is CC.CC1CCCCO1. The van der Waals surface area contributed by atoms with Gasteiger partial charge >= 0.3 is 0 Å². The van der Waals surface area contributed by atoms with Crippen LogP contribution in [0.2, 0.25) is 0 Å². The second-order valence-corrected chi connectivity index (χ2v) is 2.18. The Morgan fingerprint density at radius 2 is 1.89 bits per heavy atom. The third-order valence-corrected chi connectivity index (χ3v) is 1.41. The fourth-order valence-corrected chi connectivity index (χ4v) is 0.902. The van der Waals surface area contributed by atoms with Gasteiger partial charge in [0.15, 0.2) is 0 Å². The minimum absolute atomic E-state index is 0.536. The van der Waals surface area contributed by atoms with Crippen molar-refractivity contribution in [2.75, 3.05) is 6.61 Å². The van der Waals surface area contributed by atoms with Crippen molar-refractivity contribution in [3.8, 4) is 0 Å². The molecular weight excluding hydrogens is 112 g/mol. The molecule has 56 valence electrons. The first-order valence-corrected chi connectivity index (χ1v) is 4.01. The quantitative estimate of drug-likeness (QED) is 0.489. The van der Waals surface area contributed by atoms with E-state index >= 15 is 0 Å². The molecule has 0 aromatic rings. The zero-order valence-electron chi connectivity index (χ0n) is 6.81. The Kier molecular flexibility index (Phi) is 6.06. The summed E-state index contributed by atoms with van der Waals surface area (Å²) in [5, 5.41) is 0. The van der Waals surface area contributed by atoms with Crippen LogP contribution < -0.4 is 0 Å². The molecule has 1 unspecified atom stereocenters. The summed E-state index contributed by atoms with van der Waals surface area (Å²) in [6.07, 6.45) is 4.43. The molecule has 1 heteroatoms. The molecule has 1 heterocycles. The van der Waals surface area contributed by atoms with Crippen molar-refractivity contribution in [1.29, 1.82) is 0 Å². The van der Waals surface area contributed by atoms with Crippen LogP contribution in [0.15, 0.2) is 0 Å². The average molecular weight is 130 g/mol. The zero-order chi connectivity index (χ0) is 7.11. The van der Waals surface area contributed by atoms with Crippen LogP contribution in [0.5, 0.6) is 0 Å². The minimum Gasteiger partial charge on any atom is -0.379 e. The summed E-state index contributed by atoms with van der Waals surface area (Å²) in [6.45, 7) is 7.13. The largest absolute Gasteiger partial charge is 0.379 e. The van der Waals surface area contributed by atoms with Crippen molar-refractivity contribution in [2.45, 2.75) is 46.1 Å². The summed E-state index contributed by atoms with van der Waals surface area (Å²) in [6, 6.07) is 0. The maximum Gasteiger partial charge on any atom is 0.0547 e. The fraction of sp³-hybridized carbons (Fsp3) is 1.00. The van der Waals surface area contributed by atoms with Crippen molar-refractivity contribution in [3.63, 3.8) is 0 Å². The third-order valence-electron chi connectivity index (χ3n) is 1.41. The van der Waals surface area contributed by atoms with Crippen LogP contribution in [0.3, 0.4) is 0 Å². The standard InChI is InChI=1S/C6H12O.C2H6/c1-6-4-2-3-5-7-6;1-2/h6H,2-5H2,1H3;1-2H3. The van der Waals surface area contributed by atoms with Crippen molar-refractivity contribution < 1.29 is 4.74 Å². The molecule has 0 amide bonds. The first-order valence-electron chi connectivity index (χ1n) is 4.01. The Morgan fingerprint density at radius 1 is 1.22 bits per heavy atom. The molecule has 1 fully saturated rings. The minimum atomic E-state index is 0.536. The number of hydrogen-bond acceptors (Lipinski definition) is 1. The van der Waals surface area contributed by atoms with Crippen molar-refractivity contribution in [2.24, 2.45) is 0 Å². The van der Waals surface area contributed by atoms with Gasteiger partial charge in [0.2, 0.25) is 0 Å². The molecular formula is C8H18O. The summed E-state index contributed by atoms with van der Waals surface area (Å²) in [7, 11) is 0.